The van der Waals surface area contributed by atoms with Crippen molar-refractivity contribution in [3.8, 4) is 0 Å². The summed E-state index contributed by atoms with van der Waals surface area (Å²) < 4.78 is 5.70. The van der Waals surface area contributed by atoms with Crippen molar-refractivity contribution in [1.82, 2.24) is 4.90 Å². The second-order valence-corrected chi connectivity index (χ2v) is 9.00. The van der Waals surface area contributed by atoms with Gasteiger partial charge < -0.3 is 14.2 Å². The third-order valence-corrected chi connectivity index (χ3v) is 7.14. The van der Waals surface area contributed by atoms with Crippen molar-refractivity contribution in [2.75, 3.05) is 31.1 Å². The van der Waals surface area contributed by atoms with Crippen molar-refractivity contribution in [3.05, 3.63) is 66.4 Å². The van der Waals surface area contributed by atoms with E-state index >= 15 is 0 Å². The summed E-state index contributed by atoms with van der Waals surface area (Å²) in [6, 6.07) is 19.0. The number of furan rings is 1. The number of para-hydroxylation sites is 1. The minimum atomic E-state index is 0.324. The summed E-state index contributed by atoms with van der Waals surface area (Å²) in [6.07, 6.45) is 8.39. The predicted octanol–water partition coefficient (Wildman–Crippen LogP) is 5.27. The lowest BCUT2D eigenvalue weighted by atomic mass is 9.63. The number of hydrogen-bond acceptors (Lipinski definition) is 3. The van der Waals surface area contributed by atoms with Crippen LogP contribution in [0.5, 0.6) is 0 Å². The fraction of sp³-hybridized carbons (Fsp3) is 0.423. The van der Waals surface area contributed by atoms with Crippen molar-refractivity contribution in [3.63, 3.8) is 0 Å². The molecule has 4 nitrogen and oxygen atoms in total. The van der Waals surface area contributed by atoms with E-state index in [9.17, 15) is 4.79 Å². The number of rotatable bonds is 6. The number of nitrogens with zero attached hydrogens (tertiary/aromatic N) is 2. The topological polar surface area (TPSA) is 36.7 Å². The highest BCUT2D eigenvalue weighted by molar-refractivity contribution is 5.89. The van der Waals surface area contributed by atoms with Gasteiger partial charge in [0.15, 0.2) is 5.58 Å². The molecule has 3 aromatic rings. The molecule has 5 rings (SSSR count). The zero-order valence-electron chi connectivity index (χ0n) is 17.6. The number of piperazine rings is 1. The minimum absolute atomic E-state index is 0.324. The highest BCUT2D eigenvalue weighted by Gasteiger charge is 2.37. The first-order chi connectivity index (χ1) is 14.7. The Morgan fingerprint density at radius 2 is 1.73 bits per heavy atom. The van der Waals surface area contributed by atoms with Gasteiger partial charge in [0.05, 0.1) is 12.0 Å². The first-order valence-corrected chi connectivity index (χ1v) is 11.3. The van der Waals surface area contributed by atoms with Crippen LogP contribution in [0.25, 0.3) is 11.0 Å². The Hall–Kier alpha value is -2.75. The summed E-state index contributed by atoms with van der Waals surface area (Å²) in [5, 5.41) is 1.13. The molecule has 1 aliphatic heterocycles. The highest BCUT2D eigenvalue weighted by Crippen LogP contribution is 2.47. The number of anilines is 1. The zero-order valence-corrected chi connectivity index (χ0v) is 17.6. The van der Waals surface area contributed by atoms with Crippen LogP contribution < -0.4 is 4.90 Å². The maximum Gasteiger partial charge on any atom is 0.222 e. The van der Waals surface area contributed by atoms with E-state index in [0.29, 0.717) is 17.7 Å². The smallest absolute Gasteiger partial charge is 0.222 e. The molecule has 156 valence electrons. The Balaban J connectivity index is 1.16. The third kappa shape index (κ3) is 3.83. The lowest BCUT2D eigenvalue weighted by Gasteiger charge is -2.43. The minimum Gasteiger partial charge on any atom is -0.462 e. The molecule has 0 N–H and O–H groups in total. The van der Waals surface area contributed by atoms with Crippen molar-refractivity contribution in [2.24, 2.45) is 5.41 Å². The molecule has 30 heavy (non-hydrogen) atoms. The van der Waals surface area contributed by atoms with Crippen LogP contribution in [0.3, 0.4) is 0 Å². The quantitative estimate of drug-likeness (QED) is 0.563. The van der Waals surface area contributed by atoms with E-state index < -0.39 is 0 Å². The van der Waals surface area contributed by atoms with Gasteiger partial charge in [-0.25, -0.2) is 0 Å². The molecule has 0 bridgehead atoms. The van der Waals surface area contributed by atoms with Crippen LogP contribution >= 0.6 is 0 Å². The molecule has 1 saturated carbocycles. The predicted molar refractivity (Wildman–Crippen MR) is 121 cm³/mol. The first-order valence-electron chi connectivity index (χ1n) is 11.3. The van der Waals surface area contributed by atoms with Gasteiger partial charge in [-0.2, -0.15) is 0 Å². The Bertz CT molecular complexity index is 998. The van der Waals surface area contributed by atoms with E-state index in [4.69, 9.17) is 4.42 Å². The molecule has 2 aliphatic rings. The summed E-state index contributed by atoms with van der Waals surface area (Å²) in [5.41, 5.74) is 3.84. The van der Waals surface area contributed by atoms with Crippen LogP contribution in [0.2, 0.25) is 0 Å². The maximum atomic E-state index is 12.9. The number of carbonyl (C=O) groups excluding carboxylic acids is 1. The molecule has 1 saturated heterocycles. The molecule has 4 heteroatoms. The first kappa shape index (κ1) is 19.2. The number of amides is 1. The molecule has 0 unspecified atom stereocenters. The van der Waals surface area contributed by atoms with Gasteiger partial charge in [-0.3, -0.25) is 4.79 Å². The van der Waals surface area contributed by atoms with Gasteiger partial charge >= 0.3 is 0 Å². The van der Waals surface area contributed by atoms with Crippen LogP contribution in [-0.4, -0.2) is 37.0 Å². The van der Waals surface area contributed by atoms with Gasteiger partial charge in [0, 0.05) is 38.0 Å². The third-order valence-electron chi connectivity index (χ3n) is 7.14. The summed E-state index contributed by atoms with van der Waals surface area (Å²) in [5.74, 6) is 0.324. The summed E-state index contributed by atoms with van der Waals surface area (Å²) in [4.78, 5) is 17.3. The van der Waals surface area contributed by atoms with Crippen LogP contribution in [0.4, 0.5) is 5.69 Å². The van der Waals surface area contributed by atoms with Crippen LogP contribution in [0, 0.1) is 5.41 Å². The van der Waals surface area contributed by atoms with Crippen molar-refractivity contribution < 1.29 is 9.21 Å². The number of carbonyl (C=O) groups is 1. The van der Waals surface area contributed by atoms with Gasteiger partial charge in [0.25, 0.3) is 0 Å². The molecule has 1 aliphatic carbocycles. The zero-order chi connectivity index (χ0) is 20.4. The van der Waals surface area contributed by atoms with Crippen LogP contribution in [0.1, 0.15) is 37.7 Å². The van der Waals surface area contributed by atoms with Crippen LogP contribution in [0.15, 0.2) is 65.3 Å². The van der Waals surface area contributed by atoms with Gasteiger partial charge in [0.1, 0.15) is 0 Å². The molecular weight excluding hydrogens is 372 g/mol. The molecule has 0 atom stereocenters. The van der Waals surface area contributed by atoms with E-state index in [0.717, 1.165) is 55.7 Å². The van der Waals surface area contributed by atoms with E-state index in [1.807, 2.05) is 6.07 Å². The average Bonchev–Trinajstić information content (AvgIpc) is 3.25. The monoisotopic (exact) mass is 402 g/mol. The van der Waals surface area contributed by atoms with E-state index in [-0.39, 0.29) is 0 Å². The van der Waals surface area contributed by atoms with Crippen molar-refractivity contribution >= 4 is 22.6 Å². The maximum absolute atomic E-state index is 12.9. The Morgan fingerprint density at radius 3 is 2.47 bits per heavy atom. The molecule has 1 aromatic heterocycles. The van der Waals surface area contributed by atoms with E-state index in [1.165, 1.54) is 24.8 Å². The SMILES string of the molecule is O=C(CCC1(Cc2ccccc2)CCC1)N1CCN(c2cccc3ccoc23)CC1. The van der Waals surface area contributed by atoms with E-state index in [1.54, 1.807) is 6.26 Å². The Labute approximate surface area is 178 Å². The molecular formula is C26H30N2O2. The van der Waals surface area contributed by atoms with E-state index in [2.05, 4.69) is 58.3 Å². The highest BCUT2D eigenvalue weighted by atomic mass is 16.3. The average molecular weight is 403 g/mol. The van der Waals surface area contributed by atoms with Crippen LogP contribution in [-0.2, 0) is 11.2 Å². The summed E-state index contributed by atoms with van der Waals surface area (Å²) in [6.45, 7) is 3.31. The lowest BCUT2D eigenvalue weighted by Crippen LogP contribution is -2.49. The molecule has 1 amide bonds. The lowest BCUT2D eigenvalue weighted by molar-refractivity contribution is -0.132. The Kier molecular flexibility index (Phi) is 5.24. The molecule has 2 heterocycles. The van der Waals surface area contributed by atoms with Gasteiger partial charge in [0.2, 0.25) is 5.91 Å². The second-order valence-electron chi connectivity index (χ2n) is 9.00. The molecule has 0 radical (unpaired) electrons. The van der Waals surface area contributed by atoms with Gasteiger partial charge in [-0.05, 0) is 48.8 Å². The number of hydrogen-bond donors (Lipinski definition) is 0. The Morgan fingerprint density at radius 1 is 0.933 bits per heavy atom. The molecule has 0 spiro atoms. The summed E-state index contributed by atoms with van der Waals surface area (Å²) >= 11 is 0. The van der Waals surface area contributed by atoms with Crippen molar-refractivity contribution in [1.29, 1.82) is 0 Å². The fourth-order valence-electron chi connectivity index (χ4n) is 5.17. The standard InChI is InChI=1S/C26H30N2O2/c29-24(10-14-26(12-5-13-26)20-21-6-2-1-3-7-21)28-17-15-27(16-18-28)23-9-4-8-22-11-19-30-25(22)23/h1-4,6-9,11,19H,5,10,12-18,20H2. The number of fused-ring (bicyclic) bond motifs is 1. The fourth-order valence-corrected chi connectivity index (χ4v) is 5.17. The number of benzene rings is 2. The molecule has 2 fully saturated rings. The largest absolute Gasteiger partial charge is 0.462 e. The normalized spacial score (nSPS) is 18.4. The van der Waals surface area contributed by atoms with Crippen molar-refractivity contribution in [2.45, 2.75) is 38.5 Å². The summed E-state index contributed by atoms with van der Waals surface area (Å²) in [7, 11) is 0. The van der Waals surface area contributed by atoms with Gasteiger partial charge in [-0.1, -0.05) is 48.9 Å². The van der Waals surface area contributed by atoms with Gasteiger partial charge in [-0.15, -0.1) is 0 Å². The second kappa shape index (κ2) is 8.17. The molecule has 2 aromatic carbocycles.